The van der Waals surface area contributed by atoms with Crippen molar-refractivity contribution in [3.05, 3.63) is 78.9 Å². The van der Waals surface area contributed by atoms with Crippen LogP contribution in [0, 0.1) is 0 Å². The van der Waals surface area contributed by atoms with Gasteiger partial charge in [0.1, 0.15) is 0 Å². The fraction of sp³-hybridized carbons (Fsp3) is 0.250. The van der Waals surface area contributed by atoms with Gasteiger partial charge in [0.05, 0.1) is 11.2 Å². The quantitative estimate of drug-likeness (QED) is 0.655. The standard InChI is InChI=1S/C24H27BO2/c1-23(2,26)24(3,4)27-25-22-16-20(18-11-7-5-8-12-18)15-21(17-22)19-13-9-6-10-14-19/h5-17,25-26H,1-4H3. The summed E-state index contributed by atoms with van der Waals surface area (Å²) in [6.45, 7) is 7.41. The largest absolute Gasteiger partial charge is 0.427 e. The van der Waals surface area contributed by atoms with E-state index in [1.165, 1.54) is 11.1 Å². The SMILES string of the molecule is CC(C)(O)C(C)(C)OBc1cc(-c2ccccc2)cc(-c2ccccc2)c1. The monoisotopic (exact) mass is 358 g/mol. The molecule has 3 aromatic carbocycles. The Morgan fingerprint density at radius 2 is 1.11 bits per heavy atom. The predicted molar refractivity (Wildman–Crippen MR) is 116 cm³/mol. The molecule has 0 aliphatic carbocycles. The van der Waals surface area contributed by atoms with E-state index in [0.717, 1.165) is 16.6 Å². The third-order valence-corrected chi connectivity index (χ3v) is 5.28. The molecule has 0 atom stereocenters. The summed E-state index contributed by atoms with van der Waals surface area (Å²) in [7, 11) is 0.442. The highest BCUT2D eigenvalue weighted by Crippen LogP contribution is 2.27. The zero-order valence-corrected chi connectivity index (χ0v) is 16.6. The Morgan fingerprint density at radius 1 is 0.667 bits per heavy atom. The van der Waals surface area contributed by atoms with Gasteiger partial charge in [0.2, 0.25) is 0 Å². The Labute approximate surface area is 163 Å². The van der Waals surface area contributed by atoms with Crippen molar-refractivity contribution in [2.75, 3.05) is 0 Å². The van der Waals surface area contributed by atoms with Gasteiger partial charge < -0.3 is 9.76 Å². The minimum atomic E-state index is -0.924. The minimum Gasteiger partial charge on any atom is -0.427 e. The number of rotatable bonds is 6. The summed E-state index contributed by atoms with van der Waals surface area (Å²) >= 11 is 0. The van der Waals surface area contributed by atoms with Crippen molar-refractivity contribution < 1.29 is 9.76 Å². The van der Waals surface area contributed by atoms with Gasteiger partial charge in [-0.2, -0.15) is 0 Å². The Kier molecular flexibility index (Phi) is 5.55. The van der Waals surface area contributed by atoms with E-state index in [4.69, 9.17) is 4.65 Å². The molecule has 3 aromatic rings. The van der Waals surface area contributed by atoms with Crippen molar-refractivity contribution >= 4 is 12.9 Å². The van der Waals surface area contributed by atoms with Crippen molar-refractivity contribution in [3.63, 3.8) is 0 Å². The topological polar surface area (TPSA) is 29.5 Å². The zero-order valence-electron chi connectivity index (χ0n) is 16.6. The van der Waals surface area contributed by atoms with Crippen LogP contribution >= 0.6 is 0 Å². The number of benzene rings is 3. The van der Waals surface area contributed by atoms with Gasteiger partial charge in [0, 0.05) is 0 Å². The van der Waals surface area contributed by atoms with Crippen molar-refractivity contribution in [2.45, 2.75) is 38.9 Å². The summed E-state index contributed by atoms with van der Waals surface area (Å²) < 4.78 is 6.11. The molecule has 0 bridgehead atoms. The summed E-state index contributed by atoms with van der Waals surface area (Å²) in [5.41, 5.74) is 4.20. The molecule has 0 unspecified atom stereocenters. The Hall–Kier alpha value is -2.36. The molecule has 0 saturated carbocycles. The van der Waals surface area contributed by atoms with E-state index in [2.05, 4.69) is 66.7 Å². The van der Waals surface area contributed by atoms with Crippen molar-refractivity contribution in [2.24, 2.45) is 0 Å². The van der Waals surface area contributed by atoms with E-state index in [1.54, 1.807) is 13.8 Å². The lowest BCUT2D eigenvalue weighted by molar-refractivity contribution is -0.0893. The molecule has 0 aliphatic rings. The molecule has 27 heavy (non-hydrogen) atoms. The highest BCUT2D eigenvalue weighted by molar-refractivity contribution is 6.47. The molecule has 138 valence electrons. The van der Waals surface area contributed by atoms with Crippen LogP contribution < -0.4 is 5.46 Å². The third-order valence-electron chi connectivity index (χ3n) is 5.28. The summed E-state index contributed by atoms with van der Waals surface area (Å²) in [6.07, 6.45) is 0. The number of hydrogen-bond acceptors (Lipinski definition) is 2. The van der Waals surface area contributed by atoms with Gasteiger partial charge in [-0.15, -0.1) is 0 Å². The van der Waals surface area contributed by atoms with Crippen molar-refractivity contribution in [1.82, 2.24) is 0 Å². The van der Waals surface area contributed by atoms with E-state index < -0.39 is 11.2 Å². The van der Waals surface area contributed by atoms with Crippen LogP contribution in [-0.4, -0.2) is 23.8 Å². The van der Waals surface area contributed by atoms with Crippen LogP contribution in [0.3, 0.4) is 0 Å². The van der Waals surface area contributed by atoms with Gasteiger partial charge in [-0.1, -0.05) is 78.3 Å². The van der Waals surface area contributed by atoms with Crippen LogP contribution in [0.2, 0.25) is 0 Å². The van der Waals surface area contributed by atoms with Gasteiger partial charge in [-0.3, -0.25) is 0 Å². The molecule has 3 rings (SSSR count). The van der Waals surface area contributed by atoms with Gasteiger partial charge in [-0.05, 0) is 56.0 Å². The second-order valence-corrected chi connectivity index (χ2v) is 8.01. The molecule has 1 N–H and O–H groups in total. The van der Waals surface area contributed by atoms with E-state index in [-0.39, 0.29) is 0 Å². The third kappa shape index (κ3) is 4.68. The maximum absolute atomic E-state index is 10.4. The van der Waals surface area contributed by atoms with Crippen LogP contribution in [0.25, 0.3) is 22.3 Å². The van der Waals surface area contributed by atoms with Gasteiger partial charge >= 0.3 is 7.48 Å². The van der Waals surface area contributed by atoms with Gasteiger partial charge in [0.25, 0.3) is 0 Å². The lowest BCUT2D eigenvalue weighted by Gasteiger charge is -2.37. The van der Waals surface area contributed by atoms with Gasteiger partial charge in [0.15, 0.2) is 0 Å². The molecule has 0 aromatic heterocycles. The maximum atomic E-state index is 10.4. The van der Waals surface area contributed by atoms with E-state index in [0.29, 0.717) is 7.48 Å². The molecular weight excluding hydrogens is 331 g/mol. The van der Waals surface area contributed by atoms with Gasteiger partial charge in [-0.25, -0.2) is 0 Å². The Balaban J connectivity index is 1.98. The molecule has 0 spiro atoms. The first-order valence-corrected chi connectivity index (χ1v) is 9.37. The molecule has 0 amide bonds. The average Bonchev–Trinajstić information content (AvgIpc) is 2.67. The molecule has 3 heteroatoms. The van der Waals surface area contributed by atoms with Crippen LogP contribution in [0.4, 0.5) is 0 Å². The smallest absolute Gasteiger partial charge is 0.309 e. The van der Waals surface area contributed by atoms with E-state index in [9.17, 15) is 5.11 Å². The number of hydrogen-bond donors (Lipinski definition) is 1. The molecule has 0 aliphatic heterocycles. The van der Waals surface area contributed by atoms with Crippen LogP contribution in [0.5, 0.6) is 0 Å². The molecule has 2 nitrogen and oxygen atoms in total. The lowest BCUT2D eigenvalue weighted by atomic mass is 9.80. The van der Waals surface area contributed by atoms with Crippen LogP contribution in [0.1, 0.15) is 27.7 Å². The first-order chi connectivity index (χ1) is 12.8. The maximum Gasteiger partial charge on any atom is 0.309 e. The fourth-order valence-electron chi connectivity index (χ4n) is 2.81. The highest BCUT2D eigenvalue weighted by atomic mass is 16.5. The normalized spacial score (nSPS) is 12.0. The first kappa shape index (κ1) is 19.4. The van der Waals surface area contributed by atoms with E-state index >= 15 is 0 Å². The van der Waals surface area contributed by atoms with Crippen molar-refractivity contribution in [1.29, 1.82) is 0 Å². The number of aliphatic hydroxyl groups is 1. The van der Waals surface area contributed by atoms with E-state index in [1.807, 2.05) is 26.0 Å². The molecule has 0 radical (unpaired) electrons. The summed E-state index contributed by atoms with van der Waals surface area (Å²) in [5.74, 6) is 0. The first-order valence-electron chi connectivity index (χ1n) is 9.37. The molecule has 0 fully saturated rings. The van der Waals surface area contributed by atoms with Crippen LogP contribution in [0.15, 0.2) is 78.9 Å². The average molecular weight is 358 g/mol. The van der Waals surface area contributed by atoms with Crippen LogP contribution in [-0.2, 0) is 4.65 Å². The summed E-state index contributed by atoms with van der Waals surface area (Å²) in [5, 5.41) is 10.4. The Bertz CT molecular complexity index is 824. The zero-order chi connectivity index (χ0) is 19.5. The summed E-state index contributed by atoms with van der Waals surface area (Å²) in [6, 6.07) is 27.3. The second-order valence-electron chi connectivity index (χ2n) is 8.01. The fourth-order valence-corrected chi connectivity index (χ4v) is 2.81. The second kappa shape index (κ2) is 7.71. The summed E-state index contributed by atoms with van der Waals surface area (Å²) in [4.78, 5) is 0. The minimum absolute atomic E-state index is 0.442. The molecular formula is C24H27BO2. The van der Waals surface area contributed by atoms with Crippen molar-refractivity contribution in [3.8, 4) is 22.3 Å². The lowest BCUT2D eigenvalue weighted by Crippen LogP contribution is -2.49. The predicted octanol–water partition coefficient (Wildman–Crippen LogP) is 4.56. The highest BCUT2D eigenvalue weighted by Gasteiger charge is 2.35. The molecule has 0 saturated heterocycles. The Morgan fingerprint density at radius 3 is 1.52 bits per heavy atom. The molecule has 0 heterocycles.